The van der Waals surface area contributed by atoms with Gasteiger partial charge in [-0.25, -0.2) is 9.18 Å². The Morgan fingerprint density at radius 2 is 1.90 bits per heavy atom. The molecule has 0 aliphatic carbocycles. The number of fused-ring (bicyclic) bond motifs is 1. The number of aromatic carboxylic acids is 1. The monoisotopic (exact) mass is 458 g/mol. The van der Waals surface area contributed by atoms with Crippen LogP contribution in [0.2, 0.25) is 10.0 Å². The van der Waals surface area contributed by atoms with Crippen LogP contribution in [-0.2, 0) is 7.05 Å². The molecule has 0 fully saturated rings. The molecule has 0 unspecified atom stereocenters. The summed E-state index contributed by atoms with van der Waals surface area (Å²) in [6.07, 6.45) is 0. The number of aliphatic hydroxyl groups excluding tert-OH is 1. The van der Waals surface area contributed by atoms with Crippen LogP contribution < -0.4 is 5.32 Å². The zero-order valence-electron chi connectivity index (χ0n) is 15.0. The second-order valence-electron chi connectivity index (χ2n) is 6.13. The number of carbonyl (C=O) groups excluding carboxylic acids is 1. The second-order valence-corrected chi connectivity index (χ2v) is 6.92. The average molecular weight is 459 g/mol. The lowest BCUT2D eigenvalue weighted by atomic mass is 10.0. The van der Waals surface area contributed by atoms with Crippen molar-refractivity contribution < 1.29 is 24.2 Å². The van der Waals surface area contributed by atoms with Crippen molar-refractivity contribution in [3.05, 3.63) is 69.1 Å². The minimum Gasteiger partial charge on any atom is -0.478 e. The van der Waals surface area contributed by atoms with Gasteiger partial charge in [-0.2, -0.15) is 13.5 Å². The highest BCUT2D eigenvalue weighted by molar-refractivity contribution is 7.59. The number of amides is 1. The van der Waals surface area contributed by atoms with E-state index in [1.54, 1.807) is 29.8 Å². The molecule has 0 saturated heterocycles. The lowest BCUT2D eigenvalue weighted by Crippen LogP contribution is -2.32. The van der Waals surface area contributed by atoms with Crippen molar-refractivity contribution in [1.82, 2.24) is 9.88 Å². The second kappa shape index (κ2) is 9.04. The maximum Gasteiger partial charge on any atom is 0.335 e. The molecule has 10 heteroatoms. The van der Waals surface area contributed by atoms with Crippen LogP contribution in [0.3, 0.4) is 0 Å². The van der Waals surface area contributed by atoms with Crippen LogP contribution in [0.15, 0.2) is 36.4 Å². The third-order valence-electron chi connectivity index (χ3n) is 4.46. The zero-order chi connectivity index (χ0) is 20.6. The van der Waals surface area contributed by atoms with Crippen molar-refractivity contribution in [2.75, 3.05) is 6.61 Å². The Kier molecular flexibility index (Phi) is 7.18. The first-order chi connectivity index (χ1) is 13.2. The predicted molar refractivity (Wildman–Crippen MR) is 114 cm³/mol. The summed E-state index contributed by atoms with van der Waals surface area (Å²) in [5, 5.41) is 22.3. The number of hydrogen-bond donors (Lipinski definition) is 3. The van der Waals surface area contributed by atoms with Gasteiger partial charge in [-0.3, -0.25) is 4.79 Å². The van der Waals surface area contributed by atoms with E-state index in [2.05, 4.69) is 5.32 Å². The molecule has 1 aromatic heterocycles. The number of carboxylic acid groups (broad SMARTS) is 1. The maximum absolute atomic E-state index is 14.3. The van der Waals surface area contributed by atoms with E-state index in [0.29, 0.717) is 20.9 Å². The van der Waals surface area contributed by atoms with Crippen molar-refractivity contribution in [3.8, 4) is 0 Å². The van der Waals surface area contributed by atoms with Crippen LogP contribution >= 0.6 is 36.7 Å². The largest absolute Gasteiger partial charge is 0.478 e. The maximum atomic E-state index is 14.3. The van der Waals surface area contributed by atoms with Gasteiger partial charge >= 0.3 is 5.97 Å². The van der Waals surface area contributed by atoms with E-state index >= 15 is 0 Å². The molecule has 6 nitrogen and oxygen atoms in total. The average Bonchev–Trinajstić information content (AvgIpc) is 3.00. The molecule has 0 bridgehead atoms. The number of nitrogens with zero attached hydrogens (tertiary/aromatic N) is 1. The Hall–Kier alpha value is -2.26. The first kappa shape index (κ1) is 23.0. The standard InChI is InChI=1S/C19H15Cl2FN2O4.H2S/c1-24-15-5-4-12(20)17(21)11(15)7-16(24)18(26)23-14(8-25)10-3-2-9(19(27)28)6-13(10)22;/h2-7,14,25H,8H2,1H3,(H,23,26)(H,27,28);1H2/t14-;/m1./s1. The summed E-state index contributed by atoms with van der Waals surface area (Å²) < 4.78 is 15.9. The fourth-order valence-corrected chi connectivity index (χ4v) is 3.34. The number of halogens is 3. The number of carboxylic acids is 1. The molecule has 0 spiro atoms. The van der Waals surface area contributed by atoms with Crippen molar-refractivity contribution >= 4 is 59.5 Å². The Labute approximate surface area is 182 Å². The zero-order valence-corrected chi connectivity index (χ0v) is 17.6. The lowest BCUT2D eigenvalue weighted by molar-refractivity contribution is 0.0695. The van der Waals surface area contributed by atoms with E-state index in [9.17, 15) is 19.1 Å². The molecule has 3 rings (SSSR count). The van der Waals surface area contributed by atoms with E-state index < -0.39 is 30.3 Å². The number of aromatic nitrogens is 1. The normalized spacial score (nSPS) is 11.8. The molecule has 0 saturated carbocycles. The molecule has 2 aromatic carbocycles. The van der Waals surface area contributed by atoms with Crippen molar-refractivity contribution in [1.29, 1.82) is 0 Å². The summed E-state index contributed by atoms with van der Waals surface area (Å²) in [7, 11) is 1.66. The van der Waals surface area contributed by atoms with Crippen LogP contribution in [-0.4, -0.2) is 33.3 Å². The van der Waals surface area contributed by atoms with E-state index in [-0.39, 0.29) is 30.3 Å². The summed E-state index contributed by atoms with van der Waals surface area (Å²) >= 11 is 12.2. The predicted octanol–water partition coefficient (Wildman–Crippen LogP) is 3.90. The molecular formula is C19H17Cl2FN2O4S. The van der Waals surface area contributed by atoms with Crippen LogP contribution in [0.1, 0.15) is 32.5 Å². The minimum absolute atomic E-state index is 0. The van der Waals surface area contributed by atoms with Crippen molar-refractivity contribution in [2.24, 2.45) is 7.05 Å². The van der Waals surface area contributed by atoms with Gasteiger partial charge in [-0.1, -0.05) is 29.3 Å². The smallest absolute Gasteiger partial charge is 0.335 e. The van der Waals surface area contributed by atoms with Gasteiger partial charge in [0.15, 0.2) is 0 Å². The summed E-state index contributed by atoms with van der Waals surface area (Å²) in [4.78, 5) is 23.7. The fraction of sp³-hybridized carbons (Fsp3) is 0.158. The number of rotatable bonds is 5. The van der Waals surface area contributed by atoms with E-state index in [1.165, 1.54) is 12.1 Å². The van der Waals surface area contributed by atoms with Crippen molar-refractivity contribution in [2.45, 2.75) is 6.04 Å². The van der Waals surface area contributed by atoms with Crippen LogP contribution in [0, 0.1) is 5.82 Å². The fourth-order valence-electron chi connectivity index (χ4n) is 2.96. The molecule has 0 aliphatic heterocycles. The van der Waals surface area contributed by atoms with Crippen LogP contribution in [0.4, 0.5) is 4.39 Å². The Balaban J connectivity index is 0.00000300. The Morgan fingerprint density at radius 1 is 1.21 bits per heavy atom. The van der Waals surface area contributed by atoms with E-state index in [1.807, 2.05) is 0 Å². The SMILES string of the molecule is Cn1c(C(=O)N[C@H](CO)c2ccc(C(=O)O)cc2F)cc2c(Cl)c(Cl)ccc21.S. The number of carbonyl (C=O) groups is 2. The third-order valence-corrected chi connectivity index (χ3v) is 5.28. The Bertz CT molecular complexity index is 1100. The molecule has 3 N–H and O–H groups in total. The summed E-state index contributed by atoms with van der Waals surface area (Å²) in [6.45, 7) is -0.578. The number of benzene rings is 2. The molecule has 1 amide bonds. The molecule has 29 heavy (non-hydrogen) atoms. The molecule has 0 radical (unpaired) electrons. The molecule has 1 atom stereocenters. The van der Waals surface area contributed by atoms with Gasteiger partial charge in [0.2, 0.25) is 0 Å². The quantitative estimate of drug-likeness (QED) is 0.540. The minimum atomic E-state index is -1.28. The van der Waals surface area contributed by atoms with Gasteiger partial charge < -0.3 is 20.1 Å². The number of hydrogen-bond acceptors (Lipinski definition) is 3. The van der Waals surface area contributed by atoms with Gasteiger partial charge in [0.1, 0.15) is 11.5 Å². The topological polar surface area (TPSA) is 91.6 Å². The molecular weight excluding hydrogens is 442 g/mol. The van der Waals surface area contributed by atoms with Crippen LogP contribution in [0.5, 0.6) is 0 Å². The van der Waals surface area contributed by atoms with Gasteiger partial charge in [-0.15, -0.1) is 0 Å². The number of aliphatic hydroxyl groups is 1. The highest BCUT2D eigenvalue weighted by atomic mass is 35.5. The highest BCUT2D eigenvalue weighted by Crippen LogP contribution is 2.32. The first-order valence-electron chi connectivity index (χ1n) is 8.12. The molecule has 1 heterocycles. The molecule has 0 aliphatic rings. The van der Waals surface area contributed by atoms with E-state index in [4.69, 9.17) is 28.3 Å². The Morgan fingerprint density at radius 3 is 2.48 bits per heavy atom. The van der Waals surface area contributed by atoms with Gasteiger partial charge in [-0.05, 0) is 30.3 Å². The van der Waals surface area contributed by atoms with Gasteiger partial charge in [0.25, 0.3) is 5.91 Å². The number of nitrogens with one attached hydrogen (secondary N) is 1. The van der Waals surface area contributed by atoms with Crippen LogP contribution in [0.25, 0.3) is 10.9 Å². The molecule has 154 valence electrons. The molecule has 3 aromatic rings. The van der Waals surface area contributed by atoms with Gasteiger partial charge in [0.05, 0.1) is 28.3 Å². The third kappa shape index (κ3) is 4.35. The van der Waals surface area contributed by atoms with Gasteiger partial charge in [0, 0.05) is 23.5 Å². The van der Waals surface area contributed by atoms with Crippen molar-refractivity contribution in [3.63, 3.8) is 0 Å². The lowest BCUT2D eigenvalue weighted by Gasteiger charge is -2.18. The highest BCUT2D eigenvalue weighted by Gasteiger charge is 2.22. The summed E-state index contributed by atoms with van der Waals surface area (Å²) in [6, 6.07) is 7.08. The number of aryl methyl sites for hydroxylation is 1. The summed E-state index contributed by atoms with van der Waals surface area (Å²) in [5.74, 6) is -2.68. The van der Waals surface area contributed by atoms with E-state index in [0.717, 1.165) is 6.07 Å². The first-order valence-corrected chi connectivity index (χ1v) is 8.88. The summed E-state index contributed by atoms with van der Waals surface area (Å²) in [5.41, 5.74) is 0.655.